The Bertz CT molecular complexity index is 303. The molecule has 0 bridgehead atoms. The molecular formula is C8H10BNO3. The molecule has 68 valence electrons. The second-order valence-corrected chi connectivity index (χ2v) is 2.56. The van der Waals surface area contributed by atoms with Crippen LogP contribution in [0.2, 0.25) is 0 Å². The summed E-state index contributed by atoms with van der Waals surface area (Å²) in [4.78, 5) is 9.98. The Labute approximate surface area is 77.0 Å². The minimum Gasteiger partial charge on any atom is -0.435 e. The van der Waals surface area contributed by atoms with Crippen LogP contribution in [0.5, 0.6) is 0 Å². The number of nitro groups is 1. The quantitative estimate of drug-likeness (QED) is 0.386. The Morgan fingerprint density at radius 2 is 2.38 bits per heavy atom. The normalized spacial score (nSPS) is 9.62. The highest BCUT2D eigenvalue weighted by atomic mass is 16.6. The number of non-ortho nitro benzene ring substituents is 1. The Balaban J connectivity index is 2.73. The first-order valence-electron chi connectivity index (χ1n) is 4.05. The van der Waals surface area contributed by atoms with Crippen LogP contribution in [0.3, 0.4) is 0 Å². The summed E-state index contributed by atoms with van der Waals surface area (Å²) in [5, 5.41) is 10.4. The van der Waals surface area contributed by atoms with Gasteiger partial charge in [-0.1, -0.05) is 12.1 Å². The average molecular weight is 179 g/mol. The van der Waals surface area contributed by atoms with Crippen LogP contribution in [0.25, 0.3) is 0 Å². The average Bonchev–Trinajstić information content (AvgIpc) is 2.15. The molecule has 0 spiro atoms. The van der Waals surface area contributed by atoms with Gasteiger partial charge in [0.05, 0.1) is 4.92 Å². The maximum Gasteiger partial charge on any atom is 0.308 e. The van der Waals surface area contributed by atoms with Crippen LogP contribution in [-0.4, -0.2) is 19.0 Å². The molecule has 1 rings (SSSR count). The molecule has 0 N–H and O–H groups in total. The molecule has 0 saturated heterocycles. The highest BCUT2D eigenvalue weighted by Crippen LogP contribution is 2.06. The summed E-state index contributed by atoms with van der Waals surface area (Å²) in [5.74, 6) is 0. The van der Waals surface area contributed by atoms with Crippen LogP contribution < -0.4 is 5.46 Å². The molecule has 0 aliphatic carbocycles. The second-order valence-electron chi connectivity index (χ2n) is 2.56. The summed E-state index contributed by atoms with van der Waals surface area (Å²) in [7, 11) is 0.429. The summed E-state index contributed by atoms with van der Waals surface area (Å²) in [5.41, 5.74) is 0.938. The van der Waals surface area contributed by atoms with Crippen LogP contribution in [0.1, 0.15) is 6.92 Å². The number of nitro benzene ring substituents is 1. The molecule has 0 aliphatic heterocycles. The lowest BCUT2D eigenvalue weighted by atomic mass is 9.88. The second kappa shape index (κ2) is 4.62. The van der Waals surface area contributed by atoms with Crippen molar-refractivity contribution in [1.29, 1.82) is 0 Å². The van der Waals surface area contributed by atoms with E-state index in [2.05, 4.69) is 0 Å². The Kier molecular flexibility index (Phi) is 3.46. The van der Waals surface area contributed by atoms with Gasteiger partial charge in [-0.3, -0.25) is 10.1 Å². The fourth-order valence-corrected chi connectivity index (χ4v) is 0.980. The molecule has 13 heavy (non-hydrogen) atoms. The molecule has 1 aromatic rings. The minimum absolute atomic E-state index is 0.109. The Morgan fingerprint density at radius 1 is 1.62 bits per heavy atom. The van der Waals surface area contributed by atoms with E-state index in [1.165, 1.54) is 12.1 Å². The van der Waals surface area contributed by atoms with Crippen molar-refractivity contribution in [2.45, 2.75) is 6.92 Å². The molecule has 4 nitrogen and oxygen atoms in total. The highest BCUT2D eigenvalue weighted by molar-refractivity contribution is 6.47. The number of hydrogen-bond donors (Lipinski definition) is 0. The molecule has 0 aromatic heterocycles. The Hall–Kier alpha value is -1.36. The zero-order valence-corrected chi connectivity index (χ0v) is 7.40. The van der Waals surface area contributed by atoms with Crippen molar-refractivity contribution in [3.8, 4) is 0 Å². The van der Waals surface area contributed by atoms with Crippen molar-refractivity contribution in [3.63, 3.8) is 0 Å². The monoisotopic (exact) mass is 179 g/mol. The van der Waals surface area contributed by atoms with Crippen LogP contribution in [0, 0.1) is 10.1 Å². The molecule has 0 aliphatic rings. The van der Waals surface area contributed by atoms with Gasteiger partial charge in [-0.05, 0) is 12.4 Å². The van der Waals surface area contributed by atoms with E-state index >= 15 is 0 Å². The fraction of sp³-hybridized carbons (Fsp3) is 0.250. The van der Waals surface area contributed by atoms with E-state index in [0.717, 1.165) is 5.46 Å². The lowest BCUT2D eigenvalue weighted by Gasteiger charge is -1.98. The summed E-state index contributed by atoms with van der Waals surface area (Å²) in [6.07, 6.45) is 0. The van der Waals surface area contributed by atoms with Gasteiger partial charge in [0.15, 0.2) is 0 Å². The minimum atomic E-state index is -0.407. The maximum absolute atomic E-state index is 10.4. The van der Waals surface area contributed by atoms with E-state index in [9.17, 15) is 10.1 Å². The first-order chi connectivity index (χ1) is 6.24. The van der Waals surface area contributed by atoms with Crippen molar-refractivity contribution in [2.75, 3.05) is 6.61 Å². The van der Waals surface area contributed by atoms with E-state index in [1.807, 2.05) is 13.0 Å². The van der Waals surface area contributed by atoms with Crippen molar-refractivity contribution in [2.24, 2.45) is 0 Å². The van der Waals surface area contributed by atoms with Crippen molar-refractivity contribution >= 4 is 18.6 Å². The molecule has 0 fully saturated rings. The lowest BCUT2D eigenvalue weighted by Crippen LogP contribution is -2.17. The number of benzene rings is 1. The van der Waals surface area contributed by atoms with Gasteiger partial charge in [0.2, 0.25) is 0 Å². The molecule has 0 heterocycles. The van der Waals surface area contributed by atoms with Gasteiger partial charge in [0.1, 0.15) is 0 Å². The zero-order chi connectivity index (χ0) is 9.68. The Morgan fingerprint density at radius 3 is 3.00 bits per heavy atom. The molecular weight excluding hydrogens is 169 g/mol. The van der Waals surface area contributed by atoms with Crippen molar-refractivity contribution < 1.29 is 9.58 Å². The third-order valence-corrected chi connectivity index (χ3v) is 1.59. The molecule has 5 heteroatoms. The molecule has 1 aromatic carbocycles. The predicted molar refractivity (Wildman–Crippen MR) is 51.5 cm³/mol. The predicted octanol–water partition coefficient (Wildman–Crippen LogP) is 0.608. The van der Waals surface area contributed by atoms with E-state index in [0.29, 0.717) is 14.1 Å². The summed E-state index contributed by atoms with van der Waals surface area (Å²) < 4.78 is 5.13. The van der Waals surface area contributed by atoms with E-state index in [-0.39, 0.29) is 5.69 Å². The SMILES string of the molecule is CCOBc1cccc([N+](=O)[O-])c1. The molecule has 0 radical (unpaired) electrons. The van der Waals surface area contributed by atoms with Crippen LogP contribution >= 0.6 is 0 Å². The highest BCUT2D eigenvalue weighted by Gasteiger charge is 2.05. The summed E-state index contributed by atoms with van der Waals surface area (Å²) in [6, 6.07) is 6.46. The third-order valence-electron chi connectivity index (χ3n) is 1.59. The molecule has 0 saturated carbocycles. The molecule has 0 atom stereocenters. The third kappa shape index (κ3) is 2.87. The smallest absolute Gasteiger partial charge is 0.308 e. The van der Waals surface area contributed by atoms with Crippen molar-refractivity contribution in [1.82, 2.24) is 0 Å². The van der Waals surface area contributed by atoms with Crippen LogP contribution in [0.15, 0.2) is 24.3 Å². The fourth-order valence-electron chi connectivity index (χ4n) is 0.980. The van der Waals surface area contributed by atoms with Crippen LogP contribution in [-0.2, 0) is 4.65 Å². The molecule has 0 amide bonds. The number of rotatable bonds is 4. The van der Waals surface area contributed by atoms with Crippen LogP contribution in [0.4, 0.5) is 5.69 Å². The van der Waals surface area contributed by atoms with Gasteiger partial charge in [0.25, 0.3) is 5.69 Å². The zero-order valence-electron chi connectivity index (χ0n) is 7.40. The summed E-state index contributed by atoms with van der Waals surface area (Å²) >= 11 is 0. The van der Waals surface area contributed by atoms with Gasteiger partial charge in [0, 0.05) is 18.7 Å². The topological polar surface area (TPSA) is 52.4 Å². The van der Waals surface area contributed by atoms with Gasteiger partial charge in [-0.2, -0.15) is 0 Å². The summed E-state index contributed by atoms with van der Waals surface area (Å²) in [6.45, 7) is 2.50. The van der Waals surface area contributed by atoms with E-state index in [4.69, 9.17) is 4.65 Å². The van der Waals surface area contributed by atoms with E-state index < -0.39 is 4.92 Å². The molecule has 0 unspecified atom stereocenters. The van der Waals surface area contributed by atoms with E-state index in [1.54, 1.807) is 6.07 Å². The first kappa shape index (κ1) is 9.73. The van der Waals surface area contributed by atoms with Gasteiger partial charge < -0.3 is 4.65 Å². The van der Waals surface area contributed by atoms with Gasteiger partial charge >= 0.3 is 7.48 Å². The number of nitrogens with zero attached hydrogens (tertiary/aromatic N) is 1. The maximum atomic E-state index is 10.4. The standard InChI is InChI=1S/C8H10BNO3/c1-2-13-9-7-4-3-5-8(6-7)10(11)12/h3-6,9H,2H2,1H3. The van der Waals surface area contributed by atoms with Gasteiger partial charge in [-0.25, -0.2) is 0 Å². The largest absolute Gasteiger partial charge is 0.435 e. The van der Waals surface area contributed by atoms with Crippen molar-refractivity contribution in [3.05, 3.63) is 34.4 Å². The lowest BCUT2D eigenvalue weighted by molar-refractivity contribution is -0.384. The first-order valence-corrected chi connectivity index (χ1v) is 4.05. The number of hydrogen-bond acceptors (Lipinski definition) is 3. The van der Waals surface area contributed by atoms with Gasteiger partial charge in [-0.15, -0.1) is 0 Å².